The van der Waals surface area contributed by atoms with Crippen LogP contribution in [0.1, 0.15) is 73.5 Å². The molecule has 4 rings (SSSR count). The van der Waals surface area contributed by atoms with Crippen molar-refractivity contribution in [3.05, 3.63) is 107 Å². The second kappa shape index (κ2) is 10.8. The molecule has 1 aliphatic rings. The van der Waals surface area contributed by atoms with Crippen LogP contribution in [-0.2, 0) is 15.8 Å². The zero-order valence-corrected chi connectivity index (χ0v) is 21.6. The fourth-order valence-corrected chi connectivity index (χ4v) is 5.25. The van der Waals surface area contributed by atoms with E-state index < -0.39 is 5.60 Å². The molecule has 1 amide bonds. The molecule has 36 heavy (non-hydrogen) atoms. The molecule has 188 valence electrons. The minimum Gasteiger partial charge on any atom is -0.380 e. The molecule has 0 aliphatic carbocycles. The second-order valence-corrected chi connectivity index (χ2v) is 10.9. The molecule has 1 fully saturated rings. The number of ketones is 1. The summed E-state index contributed by atoms with van der Waals surface area (Å²) in [7, 11) is 0. The van der Waals surface area contributed by atoms with Gasteiger partial charge in [0.05, 0.1) is 0 Å². The smallest absolute Gasteiger partial charge is 0.223 e. The van der Waals surface area contributed by atoms with Crippen molar-refractivity contribution < 1.29 is 14.7 Å². The molecule has 0 unspecified atom stereocenters. The summed E-state index contributed by atoms with van der Waals surface area (Å²) in [6.07, 6.45) is 1.83. The Hall–Kier alpha value is -3.24. The van der Waals surface area contributed by atoms with Crippen molar-refractivity contribution in [1.29, 1.82) is 0 Å². The Morgan fingerprint density at radius 1 is 0.750 bits per heavy atom. The van der Waals surface area contributed by atoms with Crippen molar-refractivity contribution >= 4 is 11.7 Å². The minimum absolute atomic E-state index is 0.00113. The van der Waals surface area contributed by atoms with Gasteiger partial charge in [0.2, 0.25) is 5.91 Å². The molecule has 3 aromatic rings. The molecular formula is C32H37NO3. The lowest BCUT2D eigenvalue weighted by Gasteiger charge is -2.42. The van der Waals surface area contributed by atoms with Crippen LogP contribution in [0.3, 0.4) is 0 Å². The topological polar surface area (TPSA) is 57.6 Å². The number of aliphatic hydroxyl groups is 1. The zero-order valence-electron chi connectivity index (χ0n) is 21.6. The quantitative estimate of drug-likeness (QED) is 0.412. The number of nitrogens with zero attached hydrogens (tertiary/aromatic N) is 1. The van der Waals surface area contributed by atoms with E-state index in [4.69, 9.17) is 0 Å². The second-order valence-electron chi connectivity index (χ2n) is 10.9. The van der Waals surface area contributed by atoms with E-state index in [0.717, 1.165) is 11.1 Å². The first-order valence-electron chi connectivity index (χ1n) is 12.9. The number of hydrogen-bond donors (Lipinski definition) is 1. The van der Waals surface area contributed by atoms with Crippen molar-refractivity contribution in [3.8, 4) is 0 Å². The Morgan fingerprint density at radius 3 is 1.72 bits per heavy atom. The van der Waals surface area contributed by atoms with Gasteiger partial charge in [-0.3, -0.25) is 9.59 Å². The molecule has 4 nitrogen and oxygen atoms in total. The molecule has 1 aliphatic heterocycles. The summed E-state index contributed by atoms with van der Waals surface area (Å²) in [5.74, 6) is 0.00612. The van der Waals surface area contributed by atoms with Crippen LogP contribution in [-0.4, -0.2) is 34.8 Å². The highest BCUT2D eigenvalue weighted by Crippen LogP contribution is 2.42. The number of likely N-dealkylation sites (tertiary alicyclic amines) is 1. The average molecular weight is 484 g/mol. The summed E-state index contributed by atoms with van der Waals surface area (Å²) < 4.78 is 0. The fraction of sp³-hybridized carbons (Fsp3) is 0.375. The number of rotatable bonds is 7. The number of carbonyl (C=O) groups excluding carboxylic acids is 2. The van der Waals surface area contributed by atoms with Gasteiger partial charge in [0.1, 0.15) is 5.60 Å². The number of amides is 1. The summed E-state index contributed by atoms with van der Waals surface area (Å²) in [6.45, 7) is 7.60. The Balaban J connectivity index is 1.37. The highest BCUT2D eigenvalue weighted by atomic mass is 16.3. The maximum absolute atomic E-state index is 12.9. The Kier molecular flexibility index (Phi) is 7.75. The standard InChI is InChI=1S/C32H37NO3/c1-31(2,3)25-16-14-24(15-17-25)29(34)18-19-30(35)33-22-20-28(21-23-33)32(36,26-10-6-4-7-11-26)27-12-8-5-9-13-27/h4-17,28,36H,18-23H2,1-3H3. The first kappa shape index (κ1) is 25.8. The van der Waals surface area contributed by atoms with Gasteiger partial charge in [-0.25, -0.2) is 0 Å². The lowest BCUT2D eigenvalue weighted by Crippen LogP contribution is -2.46. The Labute approximate surface area is 215 Å². The third-order valence-corrected chi connectivity index (χ3v) is 7.51. The van der Waals surface area contributed by atoms with E-state index >= 15 is 0 Å². The fourth-order valence-electron chi connectivity index (χ4n) is 5.25. The van der Waals surface area contributed by atoms with E-state index in [2.05, 4.69) is 20.8 Å². The summed E-state index contributed by atoms with van der Waals surface area (Å²) in [4.78, 5) is 27.5. The van der Waals surface area contributed by atoms with Crippen molar-refractivity contribution in [2.75, 3.05) is 13.1 Å². The van der Waals surface area contributed by atoms with Gasteiger partial charge in [-0.05, 0) is 40.9 Å². The predicted octanol–water partition coefficient (Wildman–Crippen LogP) is 6.12. The number of piperidine rings is 1. The summed E-state index contributed by atoms with van der Waals surface area (Å²) in [5, 5.41) is 12.0. The molecule has 0 bridgehead atoms. The first-order chi connectivity index (χ1) is 17.2. The first-order valence-corrected chi connectivity index (χ1v) is 12.9. The van der Waals surface area contributed by atoms with Gasteiger partial charge in [-0.1, -0.05) is 106 Å². The third kappa shape index (κ3) is 5.60. The van der Waals surface area contributed by atoms with Gasteiger partial charge in [-0.15, -0.1) is 0 Å². The van der Waals surface area contributed by atoms with Crippen LogP contribution in [0.25, 0.3) is 0 Å². The molecule has 3 aromatic carbocycles. The number of Topliss-reactive ketones (excluding diaryl/α,β-unsaturated/α-hetero) is 1. The van der Waals surface area contributed by atoms with E-state index in [1.807, 2.05) is 89.8 Å². The van der Waals surface area contributed by atoms with Crippen LogP contribution in [0.2, 0.25) is 0 Å². The van der Waals surface area contributed by atoms with Crippen LogP contribution >= 0.6 is 0 Å². The normalized spacial score (nSPS) is 15.1. The van der Waals surface area contributed by atoms with E-state index in [9.17, 15) is 14.7 Å². The maximum atomic E-state index is 12.9. The summed E-state index contributed by atoms with van der Waals surface area (Å²) in [6, 6.07) is 27.4. The predicted molar refractivity (Wildman–Crippen MR) is 144 cm³/mol. The van der Waals surface area contributed by atoms with E-state index in [1.165, 1.54) is 5.56 Å². The van der Waals surface area contributed by atoms with Crippen LogP contribution in [0.4, 0.5) is 0 Å². The summed E-state index contributed by atoms with van der Waals surface area (Å²) in [5.41, 5.74) is 2.53. The van der Waals surface area contributed by atoms with E-state index in [0.29, 0.717) is 31.5 Å². The van der Waals surface area contributed by atoms with E-state index in [1.54, 1.807) is 0 Å². The van der Waals surface area contributed by atoms with Crippen molar-refractivity contribution in [2.24, 2.45) is 5.92 Å². The van der Waals surface area contributed by atoms with Gasteiger partial charge in [0.25, 0.3) is 0 Å². The lowest BCUT2D eigenvalue weighted by molar-refractivity contribution is -0.134. The highest BCUT2D eigenvalue weighted by molar-refractivity contribution is 5.98. The van der Waals surface area contributed by atoms with E-state index in [-0.39, 0.29) is 35.9 Å². The van der Waals surface area contributed by atoms with Crippen LogP contribution < -0.4 is 0 Å². The third-order valence-electron chi connectivity index (χ3n) is 7.51. The molecule has 0 spiro atoms. The van der Waals surface area contributed by atoms with Crippen molar-refractivity contribution in [2.45, 2.75) is 57.5 Å². The summed E-state index contributed by atoms with van der Waals surface area (Å²) >= 11 is 0. The monoisotopic (exact) mass is 483 g/mol. The number of carbonyl (C=O) groups is 2. The molecular weight excluding hydrogens is 446 g/mol. The molecule has 0 radical (unpaired) electrons. The lowest BCUT2D eigenvalue weighted by atomic mass is 9.72. The van der Waals surface area contributed by atoms with Crippen molar-refractivity contribution in [1.82, 2.24) is 4.90 Å². The molecule has 1 N–H and O–H groups in total. The van der Waals surface area contributed by atoms with Gasteiger partial charge < -0.3 is 10.0 Å². The zero-order chi connectivity index (χ0) is 25.8. The Bertz CT molecular complexity index is 1120. The molecule has 1 saturated heterocycles. The maximum Gasteiger partial charge on any atom is 0.223 e. The Morgan fingerprint density at radius 2 is 1.25 bits per heavy atom. The average Bonchev–Trinajstić information content (AvgIpc) is 2.91. The van der Waals surface area contributed by atoms with Gasteiger partial charge in [-0.2, -0.15) is 0 Å². The molecule has 1 heterocycles. The van der Waals surface area contributed by atoms with Gasteiger partial charge in [0.15, 0.2) is 5.78 Å². The minimum atomic E-state index is -1.10. The molecule has 4 heteroatoms. The molecule has 0 saturated carbocycles. The van der Waals surface area contributed by atoms with Gasteiger partial charge >= 0.3 is 0 Å². The number of benzene rings is 3. The van der Waals surface area contributed by atoms with Crippen LogP contribution in [0, 0.1) is 5.92 Å². The number of hydrogen-bond acceptors (Lipinski definition) is 3. The SMILES string of the molecule is CC(C)(C)c1ccc(C(=O)CCC(=O)N2CCC(C(O)(c3ccccc3)c3ccccc3)CC2)cc1. The molecule has 0 aromatic heterocycles. The largest absolute Gasteiger partial charge is 0.380 e. The van der Waals surface area contributed by atoms with Crippen LogP contribution in [0.15, 0.2) is 84.9 Å². The van der Waals surface area contributed by atoms with Crippen molar-refractivity contribution in [3.63, 3.8) is 0 Å². The molecule has 0 atom stereocenters. The highest BCUT2D eigenvalue weighted by Gasteiger charge is 2.42. The van der Waals surface area contributed by atoms with Crippen LogP contribution in [0.5, 0.6) is 0 Å². The van der Waals surface area contributed by atoms with Gasteiger partial charge in [0, 0.05) is 31.5 Å².